The zero-order chi connectivity index (χ0) is 14.7. The summed E-state index contributed by atoms with van der Waals surface area (Å²) in [6.07, 6.45) is 3.16. The van der Waals surface area contributed by atoms with Crippen LogP contribution in [0.2, 0.25) is 0 Å². The molecular formula is C16H22O4. The van der Waals surface area contributed by atoms with Gasteiger partial charge in [-0.15, -0.1) is 0 Å². The van der Waals surface area contributed by atoms with Crippen molar-refractivity contribution in [3.05, 3.63) is 23.8 Å². The first kappa shape index (κ1) is 14.7. The molecule has 0 aliphatic heterocycles. The number of carboxylic acid groups (broad SMARTS) is 1. The Labute approximate surface area is 119 Å². The van der Waals surface area contributed by atoms with Crippen LogP contribution in [0.15, 0.2) is 18.2 Å². The van der Waals surface area contributed by atoms with Crippen molar-refractivity contribution in [2.75, 3.05) is 7.11 Å². The van der Waals surface area contributed by atoms with E-state index in [1.807, 2.05) is 0 Å². The summed E-state index contributed by atoms with van der Waals surface area (Å²) >= 11 is 0. The lowest BCUT2D eigenvalue weighted by Gasteiger charge is -2.32. The third-order valence-corrected chi connectivity index (χ3v) is 4.26. The number of benzene rings is 1. The van der Waals surface area contributed by atoms with Gasteiger partial charge >= 0.3 is 5.97 Å². The molecule has 1 aliphatic rings. The maximum atomic E-state index is 11.3. The highest BCUT2D eigenvalue weighted by Crippen LogP contribution is 2.33. The minimum absolute atomic E-state index is 0.0893. The second-order valence-electron chi connectivity index (χ2n) is 5.67. The van der Waals surface area contributed by atoms with Crippen molar-refractivity contribution < 1.29 is 19.4 Å². The van der Waals surface area contributed by atoms with Crippen LogP contribution in [0.3, 0.4) is 0 Å². The summed E-state index contributed by atoms with van der Waals surface area (Å²) in [7, 11) is 1.56. The summed E-state index contributed by atoms with van der Waals surface area (Å²) in [6, 6.07) is 4.83. The highest BCUT2D eigenvalue weighted by Gasteiger charge is 2.27. The van der Waals surface area contributed by atoms with Gasteiger partial charge in [-0.1, -0.05) is 13.8 Å². The van der Waals surface area contributed by atoms with Gasteiger partial charge in [0.05, 0.1) is 13.2 Å². The highest BCUT2D eigenvalue weighted by atomic mass is 16.5. The van der Waals surface area contributed by atoms with Gasteiger partial charge in [0.2, 0.25) is 0 Å². The Bertz CT molecular complexity index is 483. The third-order valence-electron chi connectivity index (χ3n) is 4.26. The summed E-state index contributed by atoms with van der Waals surface area (Å²) in [4.78, 5) is 11.3. The Kier molecular flexibility index (Phi) is 4.53. The van der Waals surface area contributed by atoms with E-state index >= 15 is 0 Å². The molecule has 0 bridgehead atoms. The highest BCUT2D eigenvalue weighted by molar-refractivity contribution is 5.91. The van der Waals surface area contributed by atoms with E-state index in [0.29, 0.717) is 23.3 Å². The van der Waals surface area contributed by atoms with Crippen LogP contribution in [0.25, 0.3) is 0 Å². The average Bonchev–Trinajstić information content (AvgIpc) is 2.42. The van der Waals surface area contributed by atoms with Gasteiger partial charge in [-0.05, 0) is 43.2 Å². The van der Waals surface area contributed by atoms with Crippen LogP contribution in [0.4, 0.5) is 0 Å². The minimum Gasteiger partial charge on any atom is -0.497 e. The van der Waals surface area contributed by atoms with E-state index in [-0.39, 0.29) is 11.7 Å². The molecule has 0 aromatic heterocycles. The first-order valence-corrected chi connectivity index (χ1v) is 7.09. The van der Waals surface area contributed by atoms with Crippen LogP contribution >= 0.6 is 0 Å². The molecule has 4 nitrogen and oxygen atoms in total. The molecular weight excluding hydrogens is 256 g/mol. The van der Waals surface area contributed by atoms with Crippen LogP contribution in [-0.4, -0.2) is 24.3 Å². The monoisotopic (exact) mass is 278 g/mol. The van der Waals surface area contributed by atoms with Gasteiger partial charge in [0.15, 0.2) is 0 Å². The van der Waals surface area contributed by atoms with Crippen LogP contribution in [0.5, 0.6) is 11.5 Å². The number of ether oxygens (including phenoxy) is 2. The van der Waals surface area contributed by atoms with E-state index in [1.165, 1.54) is 6.07 Å². The predicted octanol–water partition coefficient (Wildman–Crippen LogP) is 3.60. The van der Waals surface area contributed by atoms with E-state index in [1.54, 1.807) is 19.2 Å². The standard InChI is InChI=1S/C16H22O4/c1-10-4-5-13(8-11(10)2)20-15-9-12(19-3)6-7-14(15)16(17)18/h6-7,9-11,13H,4-5,8H2,1-3H3,(H,17,18). The molecule has 1 aromatic rings. The molecule has 0 saturated heterocycles. The topological polar surface area (TPSA) is 55.8 Å². The molecule has 4 heteroatoms. The number of hydrogen-bond donors (Lipinski definition) is 1. The normalized spacial score (nSPS) is 26.1. The third kappa shape index (κ3) is 3.24. The van der Waals surface area contributed by atoms with Gasteiger partial charge in [0.1, 0.15) is 17.1 Å². The fraction of sp³-hybridized carbons (Fsp3) is 0.562. The fourth-order valence-electron chi connectivity index (χ4n) is 2.69. The second-order valence-corrected chi connectivity index (χ2v) is 5.67. The van der Waals surface area contributed by atoms with E-state index < -0.39 is 5.97 Å². The smallest absolute Gasteiger partial charge is 0.339 e. The first-order chi connectivity index (χ1) is 9.51. The lowest BCUT2D eigenvalue weighted by atomic mass is 9.80. The number of rotatable bonds is 4. The average molecular weight is 278 g/mol. The summed E-state index contributed by atoms with van der Waals surface area (Å²) in [6.45, 7) is 4.49. The zero-order valence-electron chi connectivity index (χ0n) is 12.3. The van der Waals surface area contributed by atoms with Gasteiger partial charge in [0.25, 0.3) is 0 Å². The number of carbonyl (C=O) groups is 1. The zero-order valence-corrected chi connectivity index (χ0v) is 12.3. The molecule has 3 unspecified atom stereocenters. The van der Waals surface area contributed by atoms with Crippen molar-refractivity contribution in [1.29, 1.82) is 0 Å². The van der Waals surface area contributed by atoms with Crippen LogP contribution in [0.1, 0.15) is 43.5 Å². The second kappa shape index (κ2) is 6.16. The molecule has 20 heavy (non-hydrogen) atoms. The number of hydrogen-bond acceptors (Lipinski definition) is 3. The minimum atomic E-state index is -0.972. The Balaban J connectivity index is 2.17. The molecule has 2 rings (SSSR count). The summed E-state index contributed by atoms with van der Waals surface area (Å²) in [5, 5.41) is 9.23. The van der Waals surface area contributed by atoms with Crippen molar-refractivity contribution in [3.8, 4) is 11.5 Å². The first-order valence-electron chi connectivity index (χ1n) is 7.09. The predicted molar refractivity (Wildman–Crippen MR) is 76.5 cm³/mol. The molecule has 0 spiro atoms. The Hall–Kier alpha value is -1.71. The van der Waals surface area contributed by atoms with E-state index in [2.05, 4.69) is 13.8 Å². The van der Waals surface area contributed by atoms with Gasteiger partial charge in [0, 0.05) is 6.07 Å². The van der Waals surface area contributed by atoms with Crippen molar-refractivity contribution in [2.24, 2.45) is 11.8 Å². The Morgan fingerprint density at radius 2 is 2.00 bits per heavy atom. The molecule has 0 heterocycles. The maximum absolute atomic E-state index is 11.3. The molecule has 1 aromatic carbocycles. The Morgan fingerprint density at radius 3 is 2.60 bits per heavy atom. The maximum Gasteiger partial charge on any atom is 0.339 e. The van der Waals surface area contributed by atoms with Gasteiger partial charge in [-0.2, -0.15) is 0 Å². The lowest BCUT2D eigenvalue weighted by Crippen LogP contribution is -2.29. The lowest BCUT2D eigenvalue weighted by molar-refractivity contribution is 0.0675. The molecule has 110 valence electrons. The van der Waals surface area contributed by atoms with Crippen LogP contribution < -0.4 is 9.47 Å². The molecule has 0 amide bonds. The molecule has 1 saturated carbocycles. The Morgan fingerprint density at radius 1 is 1.25 bits per heavy atom. The largest absolute Gasteiger partial charge is 0.497 e. The van der Waals surface area contributed by atoms with Crippen molar-refractivity contribution in [3.63, 3.8) is 0 Å². The number of carboxylic acids is 1. The van der Waals surface area contributed by atoms with E-state index in [0.717, 1.165) is 19.3 Å². The van der Waals surface area contributed by atoms with Crippen molar-refractivity contribution >= 4 is 5.97 Å². The molecule has 1 N–H and O–H groups in total. The van der Waals surface area contributed by atoms with Crippen molar-refractivity contribution in [1.82, 2.24) is 0 Å². The molecule has 1 aliphatic carbocycles. The summed E-state index contributed by atoms with van der Waals surface area (Å²) < 4.78 is 11.1. The molecule has 1 fully saturated rings. The van der Waals surface area contributed by atoms with Crippen LogP contribution in [0, 0.1) is 11.8 Å². The SMILES string of the molecule is COc1ccc(C(=O)O)c(OC2CCC(C)C(C)C2)c1. The fourth-order valence-corrected chi connectivity index (χ4v) is 2.69. The van der Waals surface area contributed by atoms with Crippen LogP contribution in [-0.2, 0) is 0 Å². The van der Waals surface area contributed by atoms with Gasteiger partial charge in [-0.3, -0.25) is 0 Å². The van der Waals surface area contributed by atoms with Gasteiger partial charge in [-0.25, -0.2) is 4.79 Å². The molecule has 3 atom stereocenters. The number of aromatic carboxylic acids is 1. The van der Waals surface area contributed by atoms with Crippen molar-refractivity contribution in [2.45, 2.75) is 39.2 Å². The van der Waals surface area contributed by atoms with Gasteiger partial charge < -0.3 is 14.6 Å². The quantitative estimate of drug-likeness (QED) is 0.914. The van der Waals surface area contributed by atoms with E-state index in [4.69, 9.17) is 9.47 Å². The summed E-state index contributed by atoms with van der Waals surface area (Å²) in [5.74, 6) is 1.36. The summed E-state index contributed by atoms with van der Waals surface area (Å²) in [5.41, 5.74) is 0.192. The molecule has 0 radical (unpaired) electrons. The van der Waals surface area contributed by atoms with E-state index in [9.17, 15) is 9.90 Å². The number of methoxy groups -OCH3 is 1.